The van der Waals surface area contributed by atoms with Gasteiger partial charge in [-0.25, -0.2) is 0 Å². The van der Waals surface area contributed by atoms with E-state index in [0.29, 0.717) is 25.6 Å². The lowest BCUT2D eigenvalue weighted by molar-refractivity contribution is -0.193. The van der Waals surface area contributed by atoms with Gasteiger partial charge in [0.25, 0.3) is 6.47 Å². The molecule has 0 bridgehead atoms. The molecule has 3 aromatic carbocycles. The molecule has 0 aliphatic carbocycles. The summed E-state index contributed by atoms with van der Waals surface area (Å²) in [7, 11) is 0. The molecule has 0 spiro atoms. The summed E-state index contributed by atoms with van der Waals surface area (Å²) in [6.07, 6.45) is 2.66. The van der Waals surface area contributed by atoms with Crippen molar-refractivity contribution in [1.29, 1.82) is 0 Å². The molecule has 3 rings (SSSR count). The second-order valence-electron chi connectivity index (χ2n) is 10.8. The molecule has 2 atom stereocenters. The van der Waals surface area contributed by atoms with E-state index in [1.165, 1.54) is 12.0 Å². The van der Waals surface area contributed by atoms with Crippen molar-refractivity contribution in [3.63, 3.8) is 0 Å². The Morgan fingerprint density at radius 1 is 0.810 bits per heavy atom. The van der Waals surface area contributed by atoms with E-state index in [-0.39, 0.29) is 5.41 Å². The van der Waals surface area contributed by atoms with Crippen LogP contribution < -0.4 is 0 Å². The standard InChI is InChI=1S/C26H32O4.C10H14.C2H6/c1-6-23(22-15-11-8-12-16-22)24(20(2)21-13-9-7-10-14-21)28-17-18-29-25(30-19-27)26(3,4)5;1-3-9(2)10-7-5-4-6-8-10;1-2/h6-16,19,25H,17-18H2,1-5H3;4-9H,3H2,1-2H3;1-2H3/b23-6-,24-20-;;. The largest absolute Gasteiger partial charge is 0.490 e. The lowest BCUT2D eigenvalue weighted by atomic mass is 9.96. The molecule has 3 aromatic rings. The van der Waals surface area contributed by atoms with Crippen molar-refractivity contribution >= 4 is 17.6 Å². The minimum atomic E-state index is -0.628. The maximum Gasteiger partial charge on any atom is 0.295 e. The minimum absolute atomic E-state index is 0.299. The van der Waals surface area contributed by atoms with Crippen LogP contribution in [0.15, 0.2) is 103 Å². The van der Waals surface area contributed by atoms with Crippen molar-refractivity contribution in [2.45, 2.75) is 80.9 Å². The van der Waals surface area contributed by atoms with Gasteiger partial charge in [-0.05, 0) is 48.4 Å². The van der Waals surface area contributed by atoms with E-state index in [1.54, 1.807) is 0 Å². The summed E-state index contributed by atoms with van der Waals surface area (Å²) in [5.74, 6) is 1.52. The van der Waals surface area contributed by atoms with E-state index in [2.05, 4.69) is 81.4 Å². The molecule has 2 unspecified atom stereocenters. The molecule has 0 aliphatic heterocycles. The van der Waals surface area contributed by atoms with Crippen LogP contribution in [-0.2, 0) is 19.0 Å². The third-order valence-electron chi connectivity index (χ3n) is 6.63. The zero-order valence-electron chi connectivity index (χ0n) is 27.2. The molecule has 4 nitrogen and oxygen atoms in total. The fourth-order valence-electron chi connectivity index (χ4n) is 4.11. The van der Waals surface area contributed by atoms with Gasteiger partial charge in [-0.15, -0.1) is 0 Å². The highest BCUT2D eigenvalue weighted by atomic mass is 16.7. The Labute approximate surface area is 255 Å². The molecule has 42 heavy (non-hydrogen) atoms. The van der Waals surface area contributed by atoms with Gasteiger partial charge in [-0.2, -0.15) is 0 Å². The van der Waals surface area contributed by atoms with Crippen molar-refractivity contribution in [3.05, 3.63) is 120 Å². The van der Waals surface area contributed by atoms with Gasteiger partial charge in [0.1, 0.15) is 12.4 Å². The highest BCUT2D eigenvalue weighted by Gasteiger charge is 2.27. The SMILES string of the molecule is C/C=C(\C(OCCOC(OC=O)C(C)(C)C)=C(/C)c1ccccc1)c1ccccc1.CC.CCC(C)c1ccccc1. The molecular weight excluding hydrogens is 520 g/mol. The van der Waals surface area contributed by atoms with Crippen molar-refractivity contribution in [3.8, 4) is 0 Å². The Morgan fingerprint density at radius 2 is 1.31 bits per heavy atom. The van der Waals surface area contributed by atoms with Crippen molar-refractivity contribution in [2.24, 2.45) is 5.41 Å². The molecule has 228 valence electrons. The average Bonchev–Trinajstić information content (AvgIpc) is 3.03. The number of hydrogen-bond donors (Lipinski definition) is 0. The van der Waals surface area contributed by atoms with Crippen LogP contribution in [0.3, 0.4) is 0 Å². The number of benzene rings is 3. The number of rotatable bonds is 12. The van der Waals surface area contributed by atoms with Gasteiger partial charge in [-0.1, -0.05) is 146 Å². The van der Waals surface area contributed by atoms with Gasteiger partial charge in [0, 0.05) is 11.0 Å². The predicted octanol–water partition coefficient (Wildman–Crippen LogP) is 10.3. The second-order valence-corrected chi connectivity index (χ2v) is 10.8. The molecule has 0 fully saturated rings. The summed E-state index contributed by atoms with van der Waals surface area (Å²) in [4.78, 5) is 10.8. The maximum atomic E-state index is 10.8. The van der Waals surface area contributed by atoms with E-state index < -0.39 is 6.29 Å². The van der Waals surface area contributed by atoms with Crippen LogP contribution in [0.25, 0.3) is 11.1 Å². The van der Waals surface area contributed by atoms with Gasteiger partial charge in [0.05, 0.1) is 6.61 Å². The summed E-state index contributed by atoms with van der Waals surface area (Å²) < 4.78 is 17.1. The lowest BCUT2D eigenvalue weighted by Gasteiger charge is -2.28. The molecule has 0 aliphatic rings. The number of allylic oxidation sites excluding steroid dienone is 3. The normalized spacial score (nSPS) is 13.2. The lowest BCUT2D eigenvalue weighted by Crippen LogP contribution is -2.32. The highest BCUT2D eigenvalue weighted by Crippen LogP contribution is 2.31. The summed E-state index contributed by atoms with van der Waals surface area (Å²) in [5.41, 5.74) is 5.38. The Balaban J connectivity index is 0.000000613. The predicted molar refractivity (Wildman–Crippen MR) is 178 cm³/mol. The van der Waals surface area contributed by atoms with E-state index >= 15 is 0 Å². The number of carbonyl (C=O) groups is 1. The van der Waals surface area contributed by atoms with Crippen LogP contribution in [-0.4, -0.2) is 26.0 Å². The monoisotopic (exact) mass is 572 g/mol. The van der Waals surface area contributed by atoms with Crippen LogP contribution in [0.2, 0.25) is 0 Å². The topological polar surface area (TPSA) is 44.8 Å². The molecule has 0 saturated heterocycles. The summed E-state index contributed by atoms with van der Waals surface area (Å²) in [6.45, 7) is 19.5. The van der Waals surface area contributed by atoms with Gasteiger partial charge in [-0.3, -0.25) is 4.79 Å². The molecule has 0 amide bonds. The van der Waals surface area contributed by atoms with Crippen LogP contribution >= 0.6 is 0 Å². The summed E-state index contributed by atoms with van der Waals surface area (Å²) >= 11 is 0. The number of carbonyl (C=O) groups excluding carboxylic acids is 1. The third kappa shape index (κ3) is 12.5. The molecule has 4 heteroatoms. The van der Waals surface area contributed by atoms with E-state index in [1.807, 2.05) is 77.9 Å². The first-order valence-corrected chi connectivity index (χ1v) is 15.1. The molecule has 0 aromatic heterocycles. The zero-order valence-corrected chi connectivity index (χ0v) is 27.2. The fourth-order valence-corrected chi connectivity index (χ4v) is 4.11. The van der Waals surface area contributed by atoms with E-state index in [9.17, 15) is 4.79 Å². The third-order valence-corrected chi connectivity index (χ3v) is 6.63. The minimum Gasteiger partial charge on any atom is -0.490 e. The highest BCUT2D eigenvalue weighted by molar-refractivity contribution is 5.86. The average molecular weight is 573 g/mol. The van der Waals surface area contributed by atoms with Crippen molar-refractivity contribution in [2.75, 3.05) is 13.2 Å². The Morgan fingerprint density at radius 3 is 1.76 bits per heavy atom. The number of ether oxygens (including phenoxy) is 3. The first-order chi connectivity index (χ1) is 20.2. The van der Waals surface area contributed by atoms with Crippen molar-refractivity contribution in [1.82, 2.24) is 0 Å². The van der Waals surface area contributed by atoms with E-state index in [4.69, 9.17) is 14.2 Å². The molecule has 0 heterocycles. The molecular formula is C38H52O4. The zero-order chi connectivity index (χ0) is 31.4. The van der Waals surface area contributed by atoms with E-state index in [0.717, 1.165) is 28.0 Å². The summed E-state index contributed by atoms with van der Waals surface area (Å²) in [5, 5.41) is 0. The first kappa shape index (κ1) is 36.4. The maximum absolute atomic E-state index is 10.8. The molecule has 0 N–H and O–H groups in total. The Kier molecular flexibility index (Phi) is 17.6. The van der Waals surface area contributed by atoms with Crippen LogP contribution in [0, 0.1) is 5.41 Å². The molecule has 0 saturated carbocycles. The van der Waals surface area contributed by atoms with Crippen LogP contribution in [0.5, 0.6) is 0 Å². The van der Waals surface area contributed by atoms with Gasteiger partial charge >= 0.3 is 0 Å². The Bertz CT molecular complexity index is 1180. The second kappa shape index (κ2) is 20.3. The quantitative estimate of drug-likeness (QED) is 0.0712. The summed E-state index contributed by atoms with van der Waals surface area (Å²) in [6, 6.07) is 31.0. The van der Waals surface area contributed by atoms with Crippen molar-refractivity contribution < 1.29 is 19.0 Å². The fraction of sp³-hybridized carbons (Fsp3) is 0.395. The number of hydrogen-bond acceptors (Lipinski definition) is 4. The van der Waals surface area contributed by atoms with Gasteiger partial charge in [0.15, 0.2) is 0 Å². The smallest absolute Gasteiger partial charge is 0.295 e. The molecule has 0 radical (unpaired) electrons. The van der Waals surface area contributed by atoms with Gasteiger partial charge < -0.3 is 14.2 Å². The van der Waals surface area contributed by atoms with Gasteiger partial charge in [0.2, 0.25) is 6.29 Å². The van der Waals surface area contributed by atoms with Crippen LogP contribution in [0.4, 0.5) is 0 Å². The first-order valence-electron chi connectivity index (χ1n) is 15.1. The van der Waals surface area contributed by atoms with Crippen LogP contribution in [0.1, 0.15) is 91.3 Å². The Hall–Kier alpha value is -3.63.